The Kier molecular flexibility index (Phi) is 4.24. The van der Waals surface area contributed by atoms with E-state index in [9.17, 15) is 8.42 Å². The summed E-state index contributed by atoms with van der Waals surface area (Å²) in [6, 6.07) is 3.79. The maximum absolute atomic E-state index is 11.6. The Morgan fingerprint density at radius 3 is 2.53 bits per heavy atom. The van der Waals surface area contributed by atoms with Gasteiger partial charge in [-0.2, -0.15) is 4.31 Å². The maximum Gasteiger partial charge on any atom is 0.224 e. The van der Waals surface area contributed by atoms with Gasteiger partial charge in [0.05, 0.1) is 12.8 Å². The Labute approximate surface area is 110 Å². The predicted octanol–water partition coefficient (Wildman–Crippen LogP) is 1.08. The summed E-state index contributed by atoms with van der Waals surface area (Å²) in [6.45, 7) is 3.33. The minimum atomic E-state index is -3.11. The second kappa shape index (κ2) is 5.51. The Bertz CT molecular complexity index is 438. The van der Waals surface area contributed by atoms with Crippen LogP contribution in [-0.4, -0.2) is 48.5 Å². The minimum absolute atomic E-state index is 0.00180. The SMILES string of the molecule is O=S(=O)(CBr)N1CCN(Cc2ccco2)CC1. The Morgan fingerprint density at radius 2 is 2.00 bits per heavy atom. The minimum Gasteiger partial charge on any atom is -0.468 e. The zero-order valence-electron chi connectivity index (χ0n) is 9.38. The first-order chi connectivity index (χ1) is 8.12. The van der Waals surface area contributed by atoms with Crippen LogP contribution >= 0.6 is 15.9 Å². The van der Waals surface area contributed by atoms with Gasteiger partial charge in [-0.05, 0) is 12.1 Å². The standard InChI is InChI=1S/C10H15BrN2O3S/c11-9-17(14,15)13-5-3-12(4-6-13)8-10-2-1-7-16-10/h1-2,7H,3-6,8-9H2. The molecular weight excluding hydrogens is 308 g/mol. The Morgan fingerprint density at radius 1 is 1.29 bits per heavy atom. The van der Waals surface area contributed by atoms with Gasteiger partial charge in [0.2, 0.25) is 10.0 Å². The number of nitrogens with zero attached hydrogens (tertiary/aromatic N) is 2. The van der Waals surface area contributed by atoms with Crippen LogP contribution in [-0.2, 0) is 16.6 Å². The molecular formula is C10H15BrN2O3S. The molecule has 0 radical (unpaired) electrons. The topological polar surface area (TPSA) is 53.8 Å². The summed E-state index contributed by atoms with van der Waals surface area (Å²) in [5, 5.41) is 0. The van der Waals surface area contributed by atoms with Gasteiger partial charge in [0, 0.05) is 26.2 Å². The number of halogens is 1. The van der Waals surface area contributed by atoms with E-state index in [0.717, 1.165) is 25.4 Å². The molecule has 1 saturated heterocycles. The molecule has 2 heterocycles. The summed E-state index contributed by atoms with van der Waals surface area (Å²) in [6.07, 6.45) is 1.65. The molecule has 17 heavy (non-hydrogen) atoms. The van der Waals surface area contributed by atoms with E-state index in [1.54, 1.807) is 6.26 Å². The number of alkyl halides is 1. The first kappa shape index (κ1) is 13.1. The maximum atomic E-state index is 11.6. The molecule has 1 aromatic heterocycles. The van der Waals surface area contributed by atoms with E-state index in [-0.39, 0.29) is 4.66 Å². The first-order valence-electron chi connectivity index (χ1n) is 5.40. The predicted molar refractivity (Wildman–Crippen MR) is 68.3 cm³/mol. The molecule has 0 aliphatic carbocycles. The van der Waals surface area contributed by atoms with Gasteiger partial charge in [-0.15, -0.1) is 0 Å². The van der Waals surface area contributed by atoms with Crippen molar-refractivity contribution in [3.63, 3.8) is 0 Å². The molecule has 7 heteroatoms. The molecule has 1 aliphatic heterocycles. The van der Waals surface area contributed by atoms with E-state index in [4.69, 9.17) is 4.42 Å². The number of sulfonamides is 1. The molecule has 0 unspecified atom stereocenters. The fraction of sp³-hybridized carbons (Fsp3) is 0.600. The highest BCUT2D eigenvalue weighted by Gasteiger charge is 2.25. The molecule has 0 saturated carbocycles. The number of hydrogen-bond donors (Lipinski definition) is 0. The van der Waals surface area contributed by atoms with Gasteiger partial charge in [-0.3, -0.25) is 4.90 Å². The van der Waals surface area contributed by atoms with E-state index < -0.39 is 10.0 Å². The number of piperazine rings is 1. The third-order valence-electron chi connectivity index (χ3n) is 2.82. The van der Waals surface area contributed by atoms with Gasteiger partial charge in [0.15, 0.2) is 0 Å². The quantitative estimate of drug-likeness (QED) is 0.778. The van der Waals surface area contributed by atoms with E-state index in [1.165, 1.54) is 4.31 Å². The third-order valence-corrected chi connectivity index (χ3v) is 5.99. The van der Waals surface area contributed by atoms with Crippen molar-refractivity contribution < 1.29 is 12.8 Å². The number of hydrogen-bond acceptors (Lipinski definition) is 4. The number of rotatable bonds is 4. The smallest absolute Gasteiger partial charge is 0.224 e. The van der Waals surface area contributed by atoms with Crippen LogP contribution in [0.1, 0.15) is 5.76 Å². The van der Waals surface area contributed by atoms with Crippen molar-refractivity contribution in [2.75, 3.05) is 30.8 Å². The lowest BCUT2D eigenvalue weighted by molar-refractivity contribution is 0.171. The molecule has 1 aromatic rings. The average Bonchev–Trinajstić information content (AvgIpc) is 2.83. The van der Waals surface area contributed by atoms with Crippen molar-refractivity contribution in [2.45, 2.75) is 6.54 Å². The monoisotopic (exact) mass is 322 g/mol. The molecule has 96 valence electrons. The lowest BCUT2D eigenvalue weighted by atomic mass is 10.3. The van der Waals surface area contributed by atoms with Gasteiger partial charge in [0.1, 0.15) is 10.4 Å². The van der Waals surface area contributed by atoms with E-state index in [0.29, 0.717) is 13.1 Å². The normalized spacial score (nSPS) is 19.6. The van der Waals surface area contributed by atoms with Crippen molar-refractivity contribution >= 4 is 26.0 Å². The molecule has 0 amide bonds. The van der Waals surface area contributed by atoms with Crippen LogP contribution in [0.3, 0.4) is 0 Å². The van der Waals surface area contributed by atoms with Crippen LogP contribution < -0.4 is 0 Å². The van der Waals surface area contributed by atoms with Crippen molar-refractivity contribution in [3.05, 3.63) is 24.2 Å². The highest BCUT2D eigenvalue weighted by Crippen LogP contribution is 2.12. The summed E-state index contributed by atoms with van der Waals surface area (Å²) in [7, 11) is -3.11. The van der Waals surface area contributed by atoms with Crippen LogP contribution in [0.2, 0.25) is 0 Å². The lowest BCUT2D eigenvalue weighted by Gasteiger charge is -2.33. The van der Waals surface area contributed by atoms with E-state index in [2.05, 4.69) is 20.8 Å². The molecule has 0 spiro atoms. The van der Waals surface area contributed by atoms with Crippen LogP contribution in [0.5, 0.6) is 0 Å². The Balaban J connectivity index is 1.86. The summed E-state index contributed by atoms with van der Waals surface area (Å²) >= 11 is 3.01. The third kappa shape index (κ3) is 3.31. The summed E-state index contributed by atoms with van der Waals surface area (Å²) < 4.78 is 30.0. The van der Waals surface area contributed by atoms with Crippen LogP contribution in [0, 0.1) is 0 Å². The molecule has 0 bridgehead atoms. The van der Waals surface area contributed by atoms with E-state index in [1.807, 2.05) is 12.1 Å². The first-order valence-corrected chi connectivity index (χ1v) is 8.13. The van der Waals surface area contributed by atoms with Crippen molar-refractivity contribution in [3.8, 4) is 0 Å². The molecule has 0 aromatic carbocycles. The zero-order chi connectivity index (χ0) is 12.3. The molecule has 0 atom stereocenters. The van der Waals surface area contributed by atoms with E-state index >= 15 is 0 Å². The summed E-state index contributed by atoms with van der Waals surface area (Å²) in [5.41, 5.74) is 0. The van der Waals surface area contributed by atoms with Crippen molar-refractivity contribution in [1.82, 2.24) is 9.21 Å². The molecule has 1 aliphatic rings. The lowest BCUT2D eigenvalue weighted by Crippen LogP contribution is -2.48. The summed E-state index contributed by atoms with van der Waals surface area (Å²) in [5.74, 6) is 0.918. The van der Waals surface area contributed by atoms with Crippen LogP contribution in [0.4, 0.5) is 0 Å². The zero-order valence-corrected chi connectivity index (χ0v) is 11.8. The molecule has 5 nitrogen and oxygen atoms in total. The molecule has 0 N–H and O–H groups in total. The van der Waals surface area contributed by atoms with Gasteiger partial charge >= 0.3 is 0 Å². The van der Waals surface area contributed by atoms with Crippen molar-refractivity contribution in [2.24, 2.45) is 0 Å². The van der Waals surface area contributed by atoms with Gasteiger partial charge in [-0.1, -0.05) is 15.9 Å². The average molecular weight is 323 g/mol. The van der Waals surface area contributed by atoms with Crippen LogP contribution in [0.25, 0.3) is 0 Å². The van der Waals surface area contributed by atoms with Crippen molar-refractivity contribution in [1.29, 1.82) is 0 Å². The highest BCUT2D eigenvalue weighted by molar-refractivity contribution is 9.10. The number of furan rings is 1. The highest BCUT2D eigenvalue weighted by atomic mass is 79.9. The summed E-state index contributed by atoms with van der Waals surface area (Å²) in [4.78, 5) is 2.19. The fourth-order valence-corrected chi connectivity index (χ4v) is 3.58. The second-order valence-corrected chi connectivity index (χ2v) is 7.25. The van der Waals surface area contributed by atoms with Gasteiger partial charge in [0.25, 0.3) is 0 Å². The second-order valence-electron chi connectivity index (χ2n) is 3.98. The van der Waals surface area contributed by atoms with Crippen LogP contribution in [0.15, 0.2) is 22.8 Å². The molecule has 1 fully saturated rings. The van der Waals surface area contributed by atoms with Gasteiger partial charge in [-0.25, -0.2) is 8.42 Å². The molecule has 2 rings (SSSR count). The fourth-order valence-electron chi connectivity index (χ4n) is 1.86. The Hall–Kier alpha value is -0.370. The van der Waals surface area contributed by atoms with Gasteiger partial charge < -0.3 is 4.42 Å². The largest absolute Gasteiger partial charge is 0.468 e.